The van der Waals surface area contributed by atoms with Crippen LogP contribution in [-0.2, 0) is 16.8 Å². The first-order valence-corrected chi connectivity index (χ1v) is 10.1. The lowest BCUT2D eigenvalue weighted by Crippen LogP contribution is -2.14. The Hall–Kier alpha value is -3.07. The maximum Gasteiger partial charge on any atom is 0.381 e. The number of hydrogen-bond acceptors (Lipinski definition) is 6. The van der Waals surface area contributed by atoms with Crippen molar-refractivity contribution in [1.82, 2.24) is 14.5 Å². The lowest BCUT2D eigenvalue weighted by atomic mass is 9.86. The van der Waals surface area contributed by atoms with Gasteiger partial charge in [0.1, 0.15) is 6.20 Å². The van der Waals surface area contributed by atoms with Crippen molar-refractivity contribution in [2.75, 3.05) is 5.32 Å². The van der Waals surface area contributed by atoms with Gasteiger partial charge < -0.3 is 20.0 Å². The number of nitro groups is 1. The molecule has 0 aliphatic carbocycles. The van der Waals surface area contributed by atoms with Gasteiger partial charge >= 0.3 is 5.82 Å². The Balaban J connectivity index is 1.60. The number of imidazole rings is 1. The number of aryl methyl sites for hydroxylation is 2. The average Bonchev–Trinajstić information content (AvgIpc) is 3.26. The van der Waals surface area contributed by atoms with E-state index in [1.54, 1.807) is 11.5 Å². The largest absolute Gasteiger partial charge is 0.381 e. The van der Waals surface area contributed by atoms with Gasteiger partial charge in [-0.15, -0.1) is 11.3 Å². The minimum Gasteiger partial charge on any atom is -0.358 e. The van der Waals surface area contributed by atoms with E-state index in [0.717, 1.165) is 11.3 Å². The SMILES string of the molecule is Cc1nc([N+](=O)[O-])cn1CCC(=O)Nc1nc(-c2ccc(C(C)(C)C)cc2)cs1. The third-order valence-electron chi connectivity index (χ3n) is 4.53. The average molecular weight is 414 g/mol. The Morgan fingerprint density at radius 1 is 1.24 bits per heavy atom. The first-order valence-electron chi connectivity index (χ1n) is 9.18. The smallest absolute Gasteiger partial charge is 0.358 e. The number of benzene rings is 1. The van der Waals surface area contributed by atoms with Crippen molar-refractivity contribution in [3.8, 4) is 11.3 Å². The molecule has 1 aromatic carbocycles. The van der Waals surface area contributed by atoms with Gasteiger partial charge in [-0.1, -0.05) is 45.0 Å². The number of aromatic nitrogens is 3. The van der Waals surface area contributed by atoms with Crippen LogP contribution < -0.4 is 5.32 Å². The molecule has 9 heteroatoms. The molecule has 0 bridgehead atoms. The number of hydrogen-bond donors (Lipinski definition) is 1. The van der Waals surface area contributed by atoms with E-state index in [9.17, 15) is 14.9 Å². The summed E-state index contributed by atoms with van der Waals surface area (Å²) in [4.78, 5) is 30.8. The van der Waals surface area contributed by atoms with Crippen molar-refractivity contribution in [3.05, 3.63) is 57.3 Å². The summed E-state index contributed by atoms with van der Waals surface area (Å²) in [6.07, 6.45) is 1.51. The number of anilines is 1. The van der Waals surface area contributed by atoms with Crippen LogP contribution in [0.3, 0.4) is 0 Å². The van der Waals surface area contributed by atoms with E-state index in [2.05, 4.69) is 48.2 Å². The van der Waals surface area contributed by atoms with Crippen LogP contribution >= 0.6 is 11.3 Å². The van der Waals surface area contributed by atoms with Crippen LogP contribution in [0, 0.1) is 17.0 Å². The number of thiazole rings is 1. The van der Waals surface area contributed by atoms with Gasteiger partial charge in [-0.05, 0) is 20.9 Å². The predicted octanol–water partition coefficient (Wildman–Crippen LogP) is 4.55. The first kappa shape index (κ1) is 20.7. The molecule has 0 aliphatic heterocycles. The quantitative estimate of drug-likeness (QED) is 0.472. The van der Waals surface area contributed by atoms with E-state index in [0.29, 0.717) is 17.5 Å². The molecule has 3 rings (SSSR count). The second kappa shape index (κ2) is 8.12. The summed E-state index contributed by atoms with van der Waals surface area (Å²) in [6, 6.07) is 8.27. The summed E-state index contributed by atoms with van der Waals surface area (Å²) < 4.78 is 1.60. The fourth-order valence-electron chi connectivity index (χ4n) is 2.81. The summed E-state index contributed by atoms with van der Waals surface area (Å²) >= 11 is 1.36. The van der Waals surface area contributed by atoms with E-state index in [1.807, 2.05) is 17.5 Å². The monoisotopic (exact) mass is 413 g/mol. The second-order valence-corrected chi connectivity index (χ2v) is 8.62. The maximum atomic E-state index is 12.2. The molecule has 152 valence electrons. The van der Waals surface area contributed by atoms with Crippen LogP contribution in [-0.4, -0.2) is 25.4 Å². The van der Waals surface area contributed by atoms with E-state index in [1.165, 1.54) is 23.1 Å². The van der Waals surface area contributed by atoms with Gasteiger partial charge in [0.25, 0.3) is 0 Å². The summed E-state index contributed by atoms with van der Waals surface area (Å²) in [5.41, 5.74) is 3.15. The molecule has 1 N–H and O–H groups in total. The number of nitrogens with zero attached hydrogens (tertiary/aromatic N) is 4. The van der Waals surface area contributed by atoms with E-state index < -0.39 is 4.92 Å². The molecule has 0 saturated carbocycles. The van der Waals surface area contributed by atoms with Crippen molar-refractivity contribution in [3.63, 3.8) is 0 Å². The molecule has 0 radical (unpaired) electrons. The number of nitrogens with one attached hydrogen (secondary N) is 1. The lowest BCUT2D eigenvalue weighted by Gasteiger charge is -2.18. The normalized spacial score (nSPS) is 11.4. The highest BCUT2D eigenvalue weighted by Gasteiger charge is 2.16. The second-order valence-electron chi connectivity index (χ2n) is 7.76. The maximum absolute atomic E-state index is 12.2. The summed E-state index contributed by atoms with van der Waals surface area (Å²) in [5, 5.41) is 16.0. The molecule has 2 aromatic heterocycles. The van der Waals surface area contributed by atoms with Gasteiger partial charge in [-0.2, -0.15) is 0 Å². The van der Waals surface area contributed by atoms with Gasteiger partial charge in [0.2, 0.25) is 11.7 Å². The lowest BCUT2D eigenvalue weighted by molar-refractivity contribution is -0.389. The van der Waals surface area contributed by atoms with Crippen molar-refractivity contribution in [2.45, 2.75) is 46.1 Å². The molecule has 0 saturated heterocycles. The van der Waals surface area contributed by atoms with E-state index in [-0.39, 0.29) is 23.6 Å². The number of rotatable bonds is 6. The Morgan fingerprint density at radius 2 is 1.93 bits per heavy atom. The Kier molecular flexibility index (Phi) is 5.78. The van der Waals surface area contributed by atoms with Crippen molar-refractivity contribution < 1.29 is 9.72 Å². The standard InChI is InChI=1S/C20H23N5O3S/c1-13-21-17(25(27)28)11-24(13)10-9-18(26)23-19-22-16(12-29-19)14-5-7-15(8-6-14)20(2,3)4/h5-8,11-12H,9-10H2,1-4H3,(H,22,23,26). The zero-order valence-electron chi connectivity index (χ0n) is 16.8. The van der Waals surface area contributed by atoms with Gasteiger partial charge in [0.05, 0.1) is 5.69 Å². The highest BCUT2D eigenvalue weighted by molar-refractivity contribution is 7.14. The summed E-state index contributed by atoms with van der Waals surface area (Å²) in [5.74, 6) is 0.0782. The van der Waals surface area contributed by atoms with Crippen molar-refractivity contribution in [1.29, 1.82) is 0 Å². The Labute approximate surface area is 172 Å². The van der Waals surface area contributed by atoms with Crippen LogP contribution in [0.4, 0.5) is 10.9 Å². The molecule has 29 heavy (non-hydrogen) atoms. The first-order chi connectivity index (χ1) is 13.6. The van der Waals surface area contributed by atoms with Crippen molar-refractivity contribution >= 4 is 28.2 Å². The third-order valence-corrected chi connectivity index (χ3v) is 5.29. The number of carbonyl (C=O) groups is 1. The molecule has 0 spiro atoms. The zero-order valence-corrected chi connectivity index (χ0v) is 17.6. The fourth-order valence-corrected chi connectivity index (χ4v) is 3.55. The highest BCUT2D eigenvalue weighted by atomic mass is 32.1. The predicted molar refractivity (Wildman–Crippen MR) is 113 cm³/mol. The summed E-state index contributed by atoms with van der Waals surface area (Å²) in [6.45, 7) is 8.49. The number of amides is 1. The number of carbonyl (C=O) groups excluding carboxylic acids is 1. The van der Waals surface area contributed by atoms with Crippen molar-refractivity contribution in [2.24, 2.45) is 0 Å². The topological polar surface area (TPSA) is 103 Å². The van der Waals surface area contributed by atoms with Crippen LogP contribution in [0.15, 0.2) is 35.8 Å². The molecule has 3 aromatic rings. The highest BCUT2D eigenvalue weighted by Crippen LogP contribution is 2.28. The van der Waals surface area contributed by atoms with Crippen LogP contribution in [0.5, 0.6) is 0 Å². The molecule has 2 heterocycles. The van der Waals surface area contributed by atoms with E-state index >= 15 is 0 Å². The van der Waals surface area contributed by atoms with Crippen LogP contribution in [0.2, 0.25) is 0 Å². The van der Waals surface area contributed by atoms with Gasteiger partial charge in [0, 0.05) is 30.8 Å². The molecule has 0 aliphatic rings. The Morgan fingerprint density at radius 3 is 2.52 bits per heavy atom. The molecular weight excluding hydrogens is 390 g/mol. The fraction of sp³-hybridized carbons (Fsp3) is 0.350. The van der Waals surface area contributed by atoms with Gasteiger partial charge in [-0.25, -0.2) is 4.98 Å². The van der Waals surface area contributed by atoms with E-state index in [4.69, 9.17) is 0 Å². The molecule has 0 atom stereocenters. The van der Waals surface area contributed by atoms with Gasteiger partial charge in [-0.3, -0.25) is 4.79 Å². The third kappa shape index (κ3) is 5.05. The minimum absolute atomic E-state index is 0.0910. The van der Waals surface area contributed by atoms with Gasteiger partial charge in [0.15, 0.2) is 5.13 Å². The molecule has 8 nitrogen and oxygen atoms in total. The molecule has 0 unspecified atom stereocenters. The molecule has 1 amide bonds. The summed E-state index contributed by atoms with van der Waals surface area (Å²) in [7, 11) is 0. The minimum atomic E-state index is -0.547. The van der Waals surface area contributed by atoms with Crippen LogP contribution in [0.1, 0.15) is 38.6 Å². The molecular formula is C20H23N5O3S. The zero-order chi connectivity index (χ0) is 21.2. The van der Waals surface area contributed by atoms with Crippen LogP contribution in [0.25, 0.3) is 11.3 Å². The molecule has 0 fully saturated rings. The Bertz CT molecular complexity index is 1030.